The first kappa shape index (κ1) is 17.8. The Morgan fingerprint density at radius 1 is 1.27 bits per heavy atom. The SMILES string of the molecule is CC1CCCN(c2nc(-c3ccc4c(c3)CC(C)N4S(C)(=O)=O)cs2)C1. The van der Waals surface area contributed by atoms with E-state index in [4.69, 9.17) is 4.98 Å². The predicted molar refractivity (Wildman–Crippen MR) is 109 cm³/mol. The van der Waals surface area contributed by atoms with Crippen molar-refractivity contribution in [2.24, 2.45) is 5.92 Å². The van der Waals surface area contributed by atoms with Gasteiger partial charge in [0.15, 0.2) is 5.13 Å². The van der Waals surface area contributed by atoms with Crippen LogP contribution in [0.1, 0.15) is 32.3 Å². The van der Waals surface area contributed by atoms with Crippen LogP contribution in [0, 0.1) is 5.92 Å². The highest BCUT2D eigenvalue weighted by atomic mass is 32.2. The van der Waals surface area contributed by atoms with Crippen molar-refractivity contribution in [2.45, 2.75) is 39.2 Å². The smallest absolute Gasteiger partial charge is 0.232 e. The maximum Gasteiger partial charge on any atom is 0.232 e. The van der Waals surface area contributed by atoms with Crippen LogP contribution >= 0.6 is 11.3 Å². The fourth-order valence-corrected chi connectivity index (χ4v) is 6.31. The molecular weight excluding hydrogens is 366 g/mol. The summed E-state index contributed by atoms with van der Waals surface area (Å²) in [5.41, 5.74) is 3.95. The second-order valence-electron chi connectivity index (χ2n) is 7.66. The van der Waals surface area contributed by atoms with Crippen molar-refractivity contribution in [3.63, 3.8) is 0 Å². The van der Waals surface area contributed by atoms with Crippen LogP contribution in [-0.4, -0.2) is 38.8 Å². The van der Waals surface area contributed by atoms with Crippen LogP contribution in [0.15, 0.2) is 23.6 Å². The van der Waals surface area contributed by atoms with E-state index in [0.29, 0.717) is 0 Å². The number of thiazole rings is 1. The van der Waals surface area contributed by atoms with Crippen molar-refractivity contribution in [3.8, 4) is 11.3 Å². The predicted octanol–water partition coefficient (Wildman–Crippen LogP) is 3.76. The van der Waals surface area contributed by atoms with Crippen molar-refractivity contribution in [1.29, 1.82) is 0 Å². The third-order valence-corrected chi connectivity index (χ3v) is 7.48. The van der Waals surface area contributed by atoms with Gasteiger partial charge >= 0.3 is 0 Å². The van der Waals surface area contributed by atoms with Gasteiger partial charge < -0.3 is 4.90 Å². The number of hydrogen-bond acceptors (Lipinski definition) is 5. The summed E-state index contributed by atoms with van der Waals surface area (Å²) in [5.74, 6) is 0.722. The van der Waals surface area contributed by atoms with Crippen LogP contribution in [-0.2, 0) is 16.4 Å². The number of hydrogen-bond donors (Lipinski definition) is 0. The maximum absolute atomic E-state index is 12.1. The molecule has 1 saturated heterocycles. The Kier molecular flexibility index (Phi) is 4.47. The van der Waals surface area contributed by atoms with Gasteiger partial charge in [0.2, 0.25) is 10.0 Å². The molecule has 26 heavy (non-hydrogen) atoms. The van der Waals surface area contributed by atoms with E-state index in [1.807, 2.05) is 19.1 Å². The summed E-state index contributed by atoms with van der Waals surface area (Å²) in [7, 11) is -3.25. The maximum atomic E-state index is 12.1. The van der Waals surface area contributed by atoms with Gasteiger partial charge in [-0.2, -0.15) is 0 Å². The normalized spacial score (nSPS) is 23.3. The van der Waals surface area contributed by atoms with Crippen molar-refractivity contribution in [2.75, 3.05) is 28.6 Å². The third kappa shape index (κ3) is 3.22. The van der Waals surface area contributed by atoms with Gasteiger partial charge in [-0.05, 0) is 49.8 Å². The Morgan fingerprint density at radius 3 is 2.81 bits per heavy atom. The minimum atomic E-state index is -3.25. The van der Waals surface area contributed by atoms with E-state index >= 15 is 0 Å². The molecule has 140 valence electrons. The fraction of sp³-hybridized carbons (Fsp3) is 0.526. The van der Waals surface area contributed by atoms with E-state index in [1.54, 1.807) is 11.3 Å². The summed E-state index contributed by atoms with van der Waals surface area (Å²) in [5, 5.41) is 3.21. The molecule has 2 aromatic rings. The zero-order chi connectivity index (χ0) is 18.5. The minimum absolute atomic E-state index is 0.0314. The van der Waals surface area contributed by atoms with Gasteiger partial charge in [0.25, 0.3) is 0 Å². The van der Waals surface area contributed by atoms with E-state index in [0.717, 1.165) is 53.1 Å². The van der Waals surface area contributed by atoms with Crippen molar-refractivity contribution in [3.05, 3.63) is 29.1 Å². The number of sulfonamides is 1. The lowest BCUT2D eigenvalue weighted by molar-refractivity contribution is 0.446. The van der Waals surface area contributed by atoms with Gasteiger partial charge in [-0.15, -0.1) is 11.3 Å². The highest BCUT2D eigenvalue weighted by molar-refractivity contribution is 7.92. The average molecular weight is 392 g/mol. The summed E-state index contributed by atoms with van der Waals surface area (Å²) in [6.07, 6.45) is 4.55. The van der Waals surface area contributed by atoms with Crippen molar-refractivity contribution < 1.29 is 8.42 Å². The van der Waals surface area contributed by atoms with E-state index in [-0.39, 0.29) is 6.04 Å². The van der Waals surface area contributed by atoms with Crippen molar-refractivity contribution in [1.82, 2.24) is 4.98 Å². The highest BCUT2D eigenvalue weighted by Crippen LogP contribution is 2.38. The standard InChI is InChI=1S/C19H25N3O2S2/c1-13-5-4-8-21(11-13)19-20-17(12-25-19)15-6-7-18-16(10-15)9-14(2)22(18)26(3,23)24/h6-7,10,12-14H,4-5,8-9,11H2,1-3H3. The van der Waals surface area contributed by atoms with Gasteiger partial charge in [0.1, 0.15) is 0 Å². The molecule has 4 rings (SSSR count). The van der Waals surface area contributed by atoms with Crippen LogP contribution in [0.2, 0.25) is 0 Å². The third-order valence-electron chi connectivity index (χ3n) is 5.31. The molecule has 0 saturated carbocycles. The van der Waals surface area contributed by atoms with E-state index in [2.05, 4.69) is 23.3 Å². The largest absolute Gasteiger partial charge is 0.348 e. The van der Waals surface area contributed by atoms with Gasteiger partial charge in [-0.1, -0.05) is 13.0 Å². The zero-order valence-electron chi connectivity index (χ0n) is 15.5. The molecular formula is C19H25N3O2S2. The van der Waals surface area contributed by atoms with Crippen LogP contribution in [0.3, 0.4) is 0 Å². The molecule has 2 aliphatic heterocycles. The second-order valence-corrected chi connectivity index (χ2v) is 10.4. The summed E-state index contributed by atoms with van der Waals surface area (Å²) >= 11 is 1.70. The summed E-state index contributed by atoms with van der Waals surface area (Å²) in [6, 6.07) is 5.99. The Bertz CT molecular complexity index is 923. The monoisotopic (exact) mass is 391 g/mol. The molecule has 2 unspecified atom stereocenters. The molecule has 3 heterocycles. The van der Waals surface area contributed by atoms with Crippen LogP contribution < -0.4 is 9.21 Å². The lowest BCUT2D eigenvalue weighted by Gasteiger charge is -2.30. The Hall–Kier alpha value is -1.60. The molecule has 0 radical (unpaired) electrons. The average Bonchev–Trinajstić information content (AvgIpc) is 3.17. The quantitative estimate of drug-likeness (QED) is 0.799. The molecule has 0 spiro atoms. The number of anilines is 2. The highest BCUT2D eigenvalue weighted by Gasteiger charge is 2.32. The van der Waals surface area contributed by atoms with Gasteiger partial charge in [-0.25, -0.2) is 13.4 Å². The second kappa shape index (κ2) is 6.53. The lowest BCUT2D eigenvalue weighted by Crippen LogP contribution is -2.34. The topological polar surface area (TPSA) is 53.5 Å². The lowest BCUT2D eigenvalue weighted by atomic mass is 10.0. The first-order valence-electron chi connectivity index (χ1n) is 9.16. The Labute approximate surface area is 159 Å². The first-order chi connectivity index (χ1) is 12.3. The van der Waals surface area contributed by atoms with Gasteiger partial charge in [0, 0.05) is 30.1 Å². The molecule has 0 amide bonds. The van der Waals surface area contributed by atoms with E-state index in [9.17, 15) is 8.42 Å². The molecule has 1 aromatic carbocycles. The summed E-state index contributed by atoms with van der Waals surface area (Å²) in [4.78, 5) is 7.26. The molecule has 0 N–H and O–H groups in total. The Morgan fingerprint density at radius 2 is 2.08 bits per heavy atom. The molecule has 5 nitrogen and oxygen atoms in total. The van der Waals surface area contributed by atoms with E-state index < -0.39 is 10.0 Å². The number of benzene rings is 1. The van der Waals surface area contributed by atoms with Crippen LogP contribution in [0.4, 0.5) is 10.8 Å². The molecule has 2 atom stereocenters. The number of fused-ring (bicyclic) bond motifs is 1. The van der Waals surface area contributed by atoms with Crippen molar-refractivity contribution >= 4 is 32.2 Å². The first-order valence-corrected chi connectivity index (χ1v) is 11.9. The van der Waals surface area contributed by atoms with Crippen LogP contribution in [0.5, 0.6) is 0 Å². The van der Waals surface area contributed by atoms with E-state index in [1.165, 1.54) is 23.4 Å². The van der Waals surface area contributed by atoms with Gasteiger partial charge in [-0.3, -0.25) is 4.31 Å². The Balaban J connectivity index is 1.62. The number of nitrogens with zero attached hydrogens (tertiary/aromatic N) is 3. The molecule has 1 fully saturated rings. The summed E-state index contributed by atoms with van der Waals surface area (Å²) in [6.45, 7) is 6.43. The summed E-state index contributed by atoms with van der Waals surface area (Å²) < 4.78 is 25.7. The molecule has 2 aliphatic rings. The number of piperidine rings is 1. The van der Waals surface area contributed by atoms with Crippen LogP contribution in [0.25, 0.3) is 11.3 Å². The fourth-order valence-electron chi connectivity index (χ4n) is 4.17. The van der Waals surface area contributed by atoms with Gasteiger partial charge in [0.05, 0.1) is 17.6 Å². The molecule has 7 heteroatoms. The molecule has 0 aliphatic carbocycles. The molecule has 0 bridgehead atoms. The molecule has 1 aromatic heterocycles. The number of aromatic nitrogens is 1. The zero-order valence-corrected chi connectivity index (χ0v) is 17.1. The minimum Gasteiger partial charge on any atom is -0.348 e. The number of rotatable bonds is 3.